The van der Waals surface area contributed by atoms with Crippen LogP contribution in [-0.4, -0.2) is 26.6 Å². The lowest BCUT2D eigenvalue weighted by molar-refractivity contribution is 0.302. The lowest BCUT2D eigenvalue weighted by Gasteiger charge is -2.18. The lowest BCUT2D eigenvalue weighted by Crippen LogP contribution is -2.23. The monoisotopic (exact) mass is 548 g/mol. The fraction of sp³-hybridized carbons (Fsp3) is 0.286. The predicted molar refractivity (Wildman–Crippen MR) is 144 cm³/mol. The van der Waals surface area contributed by atoms with Crippen molar-refractivity contribution in [3.05, 3.63) is 92.3 Å². The molecule has 1 aromatic carbocycles. The molecular weight excluding hydrogens is 520 g/mol. The van der Waals surface area contributed by atoms with Gasteiger partial charge in [0.15, 0.2) is 0 Å². The normalized spacial score (nSPS) is 11.4. The lowest BCUT2D eigenvalue weighted by atomic mass is 9.95. The van der Waals surface area contributed by atoms with E-state index in [0.717, 1.165) is 34.1 Å². The molecule has 0 saturated carbocycles. The minimum atomic E-state index is -0.214. The van der Waals surface area contributed by atoms with E-state index >= 15 is 0 Å². The van der Waals surface area contributed by atoms with E-state index in [-0.39, 0.29) is 11.0 Å². The highest BCUT2D eigenvalue weighted by Gasteiger charge is 2.19. The number of hydrogen-bond donors (Lipinski definition) is 0. The van der Waals surface area contributed by atoms with Gasteiger partial charge in [0.1, 0.15) is 28.4 Å². The molecule has 0 aliphatic rings. The van der Waals surface area contributed by atoms with Crippen LogP contribution in [0.15, 0.2) is 64.1 Å². The molecule has 0 aliphatic heterocycles. The predicted octanol–water partition coefficient (Wildman–Crippen LogP) is 5.95. The Morgan fingerprint density at radius 1 is 1.03 bits per heavy atom. The van der Waals surface area contributed by atoms with Gasteiger partial charge in [-0.15, -0.1) is 0 Å². The summed E-state index contributed by atoms with van der Waals surface area (Å²) >= 11 is 3.46. The summed E-state index contributed by atoms with van der Waals surface area (Å²) in [4.78, 5) is 27.2. The number of hydrogen-bond acceptors (Lipinski definition) is 6. The van der Waals surface area contributed by atoms with Gasteiger partial charge in [0, 0.05) is 29.6 Å². The number of aryl methyl sites for hydroxylation is 2. The minimum absolute atomic E-state index is 0.192. The van der Waals surface area contributed by atoms with Crippen LogP contribution >= 0.6 is 15.9 Å². The van der Waals surface area contributed by atoms with Gasteiger partial charge in [-0.3, -0.25) is 14.3 Å². The number of rotatable bonds is 6. The van der Waals surface area contributed by atoms with E-state index in [0.29, 0.717) is 28.2 Å². The Bertz CT molecular complexity index is 1470. The number of pyridine rings is 2. The Hall–Kier alpha value is -3.52. The third-order valence-corrected chi connectivity index (χ3v) is 6.46. The van der Waals surface area contributed by atoms with Gasteiger partial charge in [-0.1, -0.05) is 32.9 Å². The summed E-state index contributed by atoms with van der Waals surface area (Å²) < 4.78 is 13.3. The van der Waals surface area contributed by atoms with Gasteiger partial charge < -0.3 is 9.47 Å². The van der Waals surface area contributed by atoms with E-state index in [1.807, 2.05) is 56.3 Å². The van der Waals surface area contributed by atoms with E-state index < -0.39 is 0 Å². The van der Waals surface area contributed by atoms with Crippen molar-refractivity contribution in [2.24, 2.45) is 0 Å². The molecule has 0 atom stereocenters. The third kappa shape index (κ3) is 5.33. The smallest absolute Gasteiger partial charge is 0.273 e. The molecule has 0 amide bonds. The van der Waals surface area contributed by atoms with Crippen LogP contribution in [0.5, 0.6) is 11.5 Å². The number of methoxy groups -OCH3 is 1. The second-order valence-electron chi connectivity index (χ2n) is 9.62. The highest BCUT2D eigenvalue weighted by Crippen LogP contribution is 2.28. The molecule has 0 radical (unpaired) electrons. The molecule has 36 heavy (non-hydrogen) atoms. The van der Waals surface area contributed by atoms with Gasteiger partial charge in [-0.2, -0.15) is 0 Å². The molecule has 3 heterocycles. The first-order valence-corrected chi connectivity index (χ1v) is 12.4. The molecule has 4 aromatic rings. The van der Waals surface area contributed by atoms with E-state index in [2.05, 4.69) is 46.7 Å². The average Bonchev–Trinajstić information content (AvgIpc) is 2.86. The van der Waals surface area contributed by atoms with Crippen LogP contribution in [0.3, 0.4) is 0 Å². The van der Waals surface area contributed by atoms with Crippen LogP contribution < -0.4 is 15.0 Å². The Morgan fingerprint density at radius 2 is 1.81 bits per heavy atom. The minimum Gasteiger partial charge on any atom is -0.497 e. The van der Waals surface area contributed by atoms with Gasteiger partial charge in [-0.25, -0.2) is 9.97 Å². The summed E-state index contributed by atoms with van der Waals surface area (Å²) in [5.41, 5.74) is 4.25. The molecule has 8 heteroatoms. The van der Waals surface area contributed by atoms with Crippen molar-refractivity contribution in [2.75, 3.05) is 7.11 Å². The Labute approximate surface area is 219 Å². The number of nitrogens with zero attached hydrogens (tertiary/aromatic N) is 4. The molecule has 0 aliphatic carbocycles. The largest absolute Gasteiger partial charge is 0.497 e. The van der Waals surface area contributed by atoms with Gasteiger partial charge in [0.25, 0.3) is 5.56 Å². The van der Waals surface area contributed by atoms with Gasteiger partial charge in [0.2, 0.25) is 0 Å². The molecule has 0 saturated heterocycles. The topological polar surface area (TPSA) is 79.1 Å². The van der Waals surface area contributed by atoms with Crippen LogP contribution in [0, 0.1) is 13.8 Å². The Kier molecular flexibility index (Phi) is 7.26. The molecule has 0 fully saturated rings. The quantitative estimate of drug-likeness (QED) is 0.296. The Balaban J connectivity index is 1.71. The van der Waals surface area contributed by atoms with E-state index in [9.17, 15) is 4.79 Å². The fourth-order valence-electron chi connectivity index (χ4n) is 3.77. The maximum Gasteiger partial charge on any atom is 0.273 e. The summed E-state index contributed by atoms with van der Waals surface area (Å²) in [6, 6.07) is 13.2. The molecule has 4 rings (SSSR count). The standard InChI is InChI=1S/C28H29BrN4O3/c1-17-15-31-22(21-10-11-30-27(32-21)28(3,4)5)14-23(17)33-18(2)12-24(25(29)26(33)34)36-16-19-8-7-9-20(13-19)35-6/h7-15H,16H2,1-6H3. The maximum atomic E-state index is 13.5. The fourth-order valence-corrected chi connectivity index (χ4v) is 4.17. The van der Waals surface area contributed by atoms with Crippen LogP contribution in [0.2, 0.25) is 0 Å². The van der Waals surface area contributed by atoms with Crippen LogP contribution in [-0.2, 0) is 12.0 Å². The molecule has 0 bridgehead atoms. The second kappa shape index (κ2) is 10.2. The molecule has 0 spiro atoms. The molecule has 186 valence electrons. The van der Waals surface area contributed by atoms with Crippen molar-refractivity contribution in [3.8, 4) is 28.6 Å². The highest BCUT2D eigenvalue weighted by atomic mass is 79.9. The van der Waals surface area contributed by atoms with Crippen LogP contribution in [0.4, 0.5) is 0 Å². The van der Waals surface area contributed by atoms with Crippen molar-refractivity contribution in [2.45, 2.75) is 46.6 Å². The molecule has 7 nitrogen and oxygen atoms in total. The SMILES string of the molecule is COc1cccc(COc2cc(C)n(-c3cc(-c4ccnc(C(C)(C)C)n4)ncc3C)c(=O)c2Br)c1. The summed E-state index contributed by atoms with van der Waals surface area (Å²) in [5.74, 6) is 1.97. The number of halogens is 1. The van der Waals surface area contributed by atoms with E-state index in [1.165, 1.54) is 0 Å². The highest BCUT2D eigenvalue weighted by molar-refractivity contribution is 9.10. The number of aromatic nitrogens is 4. The number of ether oxygens (including phenoxy) is 2. The molecule has 0 unspecified atom stereocenters. The average molecular weight is 549 g/mol. The summed E-state index contributed by atoms with van der Waals surface area (Å²) in [5, 5.41) is 0. The maximum absolute atomic E-state index is 13.5. The first-order valence-electron chi connectivity index (χ1n) is 11.6. The van der Waals surface area contributed by atoms with E-state index in [1.54, 1.807) is 24.1 Å². The first kappa shape index (κ1) is 25.6. The van der Waals surface area contributed by atoms with Crippen molar-refractivity contribution >= 4 is 15.9 Å². The molecular formula is C28H29BrN4O3. The van der Waals surface area contributed by atoms with Gasteiger partial charge in [-0.05, 0) is 65.2 Å². The summed E-state index contributed by atoms with van der Waals surface area (Å²) in [7, 11) is 1.63. The molecule has 3 aromatic heterocycles. The number of benzene rings is 1. The first-order chi connectivity index (χ1) is 17.1. The van der Waals surface area contributed by atoms with Crippen LogP contribution in [0.25, 0.3) is 17.1 Å². The van der Waals surface area contributed by atoms with Crippen molar-refractivity contribution < 1.29 is 9.47 Å². The van der Waals surface area contributed by atoms with Crippen LogP contribution in [0.1, 0.15) is 43.4 Å². The zero-order valence-electron chi connectivity index (χ0n) is 21.3. The molecule has 0 N–H and O–H groups in total. The zero-order valence-corrected chi connectivity index (χ0v) is 22.9. The van der Waals surface area contributed by atoms with Crippen molar-refractivity contribution in [1.82, 2.24) is 19.5 Å². The van der Waals surface area contributed by atoms with Crippen molar-refractivity contribution in [1.29, 1.82) is 0 Å². The summed E-state index contributed by atoms with van der Waals surface area (Å²) in [6.45, 7) is 10.3. The van der Waals surface area contributed by atoms with Gasteiger partial charge >= 0.3 is 0 Å². The van der Waals surface area contributed by atoms with E-state index in [4.69, 9.17) is 14.5 Å². The zero-order chi connectivity index (χ0) is 26.0. The van der Waals surface area contributed by atoms with Gasteiger partial charge in [0.05, 0.1) is 24.2 Å². The van der Waals surface area contributed by atoms with Crippen molar-refractivity contribution in [3.63, 3.8) is 0 Å². The summed E-state index contributed by atoms with van der Waals surface area (Å²) in [6.07, 6.45) is 3.50. The third-order valence-electron chi connectivity index (χ3n) is 5.73. The Morgan fingerprint density at radius 3 is 2.53 bits per heavy atom. The second-order valence-corrected chi connectivity index (χ2v) is 10.4.